The lowest BCUT2D eigenvalue weighted by atomic mass is 10.8. The van der Waals surface area contributed by atoms with E-state index in [4.69, 9.17) is 11.1 Å². The van der Waals surface area contributed by atoms with Crippen molar-refractivity contribution in [1.82, 2.24) is 9.55 Å². The summed E-state index contributed by atoms with van der Waals surface area (Å²) >= 11 is 0. The van der Waals surface area contributed by atoms with E-state index in [2.05, 4.69) is 4.98 Å². The minimum Gasteiger partial charge on any atom is -0.369 e. The maximum absolute atomic E-state index is 6.85. The van der Waals surface area contributed by atoms with Crippen molar-refractivity contribution >= 4 is 18.4 Å². The zero-order valence-electron chi connectivity index (χ0n) is 4.61. The number of nitrogens with two attached hydrogens (primary N) is 1. The quantitative estimate of drug-likeness (QED) is 0.401. The number of imidazole rings is 1. The van der Waals surface area contributed by atoms with Crippen LogP contribution >= 0.6 is 12.4 Å². The Morgan fingerprint density at radius 3 is 2.56 bits per heavy atom. The summed E-state index contributed by atoms with van der Waals surface area (Å²) in [6.07, 6.45) is 4.66. The van der Waals surface area contributed by atoms with Crippen LogP contribution in [0, 0.1) is 5.41 Å². The van der Waals surface area contributed by atoms with Gasteiger partial charge in [0, 0.05) is 12.4 Å². The molecule has 9 heavy (non-hydrogen) atoms. The summed E-state index contributed by atoms with van der Waals surface area (Å²) in [5.41, 5.74) is 5.06. The Hall–Kier alpha value is -1.03. The predicted molar refractivity (Wildman–Crippen MR) is 36.8 cm³/mol. The van der Waals surface area contributed by atoms with Crippen LogP contribution in [0.2, 0.25) is 0 Å². The number of rotatable bonds is 0. The number of hydrogen-bond acceptors (Lipinski definition) is 2. The molecule has 50 valence electrons. The summed E-state index contributed by atoms with van der Waals surface area (Å²) in [4.78, 5) is 3.69. The molecule has 0 amide bonds. The first-order valence-corrected chi connectivity index (χ1v) is 2.13. The van der Waals surface area contributed by atoms with Crippen molar-refractivity contribution in [2.45, 2.75) is 0 Å². The fourth-order valence-corrected chi connectivity index (χ4v) is 0.402. The van der Waals surface area contributed by atoms with Gasteiger partial charge in [0.25, 0.3) is 0 Å². The molecule has 0 spiro atoms. The van der Waals surface area contributed by atoms with Crippen LogP contribution in [0.3, 0.4) is 0 Å². The lowest BCUT2D eigenvalue weighted by Gasteiger charge is -1.91. The fraction of sp³-hybridized carbons (Fsp3) is 0. The molecule has 0 aliphatic heterocycles. The maximum atomic E-state index is 6.85. The third-order valence-electron chi connectivity index (χ3n) is 0.783. The normalized spacial score (nSPS) is 8.00. The molecule has 5 heteroatoms. The number of hydrogen-bond donors (Lipinski definition) is 2. The Balaban J connectivity index is 0.000000640. The average molecular weight is 147 g/mol. The van der Waals surface area contributed by atoms with Crippen molar-refractivity contribution < 1.29 is 0 Å². The SMILES string of the molecule is Cl.N=C(N)n1ccnc1. The second kappa shape index (κ2) is 3.09. The number of nitrogens with zero attached hydrogens (tertiary/aromatic N) is 2. The molecular weight excluding hydrogens is 140 g/mol. The molecule has 0 unspecified atom stereocenters. The van der Waals surface area contributed by atoms with E-state index in [9.17, 15) is 0 Å². The largest absolute Gasteiger partial charge is 0.369 e. The van der Waals surface area contributed by atoms with Gasteiger partial charge >= 0.3 is 0 Å². The van der Waals surface area contributed by atoms with Crippen molar-refractivity contribution in [3.8, 4) is 0 Å². The van der Waals surface area contributed by atoms with Gasteiger partial charge in [0.05, 0.1) is 0 Å². The molecule has 0 aromatic carbocycles. The van der Waals surface area contributed by atoms with Crippen molar-refractivity contribution in [2.24, 2.45) is 5.73 Å². The highest BCUT2D eigenvalue weighted by atomic mass is 35.5. The third-order valence-corrected chi connectivity index (χ3v) is 0.783. The van der Waals surface area contributed by atoms with Gasteiger partial charge in [0.1, 0.15) is 6.33 Å². The second-order valence-electron chi connectivity index (χ2n) is 1.36. The summed E-state index contributed by atoms with van der Waals surface area (Å²) in [7, 11) is 0. The van der Waals surface area contributed by atoms with Gasteiger partial charge in [-0.25, -0.2) is 4.98 Å². The van der Waals surface area contributed by atoms with E-state index in [1.807, 2.05) is 0 Å². The van der Waals surface area contributed by atoms with Crippen LogP contribution in [-0.4, -0.2) is 15.5 Å². The molecule has 1 aromatic heterocycles. The van der Waals surface area contributed by atoms with E-state index in [0.29, 0.717) is 0 Å². The summed E-state index contributed by atoms with van der Waals surface area (Å²) < 4.78 is 1.42. The van der Waals surface area contributed by atoms with Crippen LogP contribution in [0.5, 0.6) is 0 Å². The van der Waals surface area contributed by atoms with Gasteiger partial charge in [0.15, 0.2) is 5.96 Å². The second-order valence-corrected chi connectivity index (χ2v) is 1.36. The molecule has 3 N–H and O–H groups in total. The Labute approximate surface area is 58.6 Å². The first-order valence-electron chi connectivity index (χ1n) is 2.13. The third kappa shape index (κ3) is 1.73. The van der Waals surface area contributed by atoms with E-state index in [-0.39, 0.29) is 18.4 Å². The monoisotopic (exact) mass is 146 g/mol. The van der Waals surface area contributed by atoms with Gasteiger partial charge in [-0.15, -0.1) is 12.4 Å². The first kappa shape index (κ1) is 7.97. The van der Waals surface area contributed by atoms with Crippen LogP contribution in [0.25, 0.3) is 0 Å². The zero-order chi connectivity index (χ0) is 5.98. The minimum absolute atomic E-state index is 0. The molecule has 0 radical (unpaired) electrons. The molecule has 0 aliphatic rings. The molecule has 0 aliphatic carbocycles. The summed E-state index contributed by atoms with van der Waals surface area (Å²) in [5, 5.41) is 6.85. The Kier molecular flexibility index (Phi) is 2.73. The maximum Gasteiger partial charge on any atom is 0.197 e. The Morgan fingerprint density at radius 2 is 2.33 bits per heavy atom. The summed E-state index contributed by atoms with van der Waals surface area (Å²) in [6.45, 7) is 0. The van der Waals surface area contributed by atoms with E-state index in [0.717, 1.165) is 0 Å². The van der Waals surface area contributed by atoms with E-state index >= 15 is 0 Å². The van der Waals surface area contributed by atoms with Crippen molar-refractivity contribution in [2.75, 3.05) is 0 Å². The topological polar surface area (TPSA) is 67.7 Å². The van der Waals surface area contributed by atoms with Gasteiger partial charge in [-0.2, -0.15) is 0 Å². The smallest absolute Gasteiger partial charge is 0.197 e. The Bertz CT molecular complexity index is 180. The van der Waals surface area contributed by atoms with E-state index in [1.54, 1.807) is 12.4 Å². The standard InChI is InChI=1S/C4H6N4.ClH/c5-4(6)8-2-1-7-3-8;/h1-3H,(H3,5,6);1H. The molecule has 0 atom stereocenters. The van der Waals surface area contributed by atoms with E-state index < -0.39 is 0 Å². The van der Waals surface area contributed by atoms with Crippen molar-refractivity contribution in [3.05, 3.63) is 18.7 Å². The van der Waals surface area contributed by atoms with Crippen molar-refractivity contribution in [3.63, 3.8) is 0 Å². The van der Waals surface area contributed by atoms with Gasteiger partial charge in [-0.1, -0.05) is 0 Å². The van der Waals surface area contributed by atoms with Crippen LogP contribution < -0.4 is 5.73 Å². The van der Waals surface area contributed by atoms with Gasteiger partial charge in [-0.3, -0.25) is 9.98 Å². The highest BCUT2D eigenvalue weighted by molar-refractivity contribution is 5.85. The molecule has 1 rings (SSSR count). The molecule has 0 fully saturated rings. The number of nitrogens with one attached hydrogen (secondary N) is 1. The van der Waals surface area contributed by atoms with Crippen LogP contribution in [0.15, 0.2) is 18.7 Å². The molecule has 0 bridgehead atoms. The molecule has 1 heterocycles. The van der Waals surface area contributed by atoms with Crippen molar-refractivity contribution in [1.29, 1.82) is 5.41 Å². The molecular formula is C4H7ClN4. The average Bonchev–Trinajstić information content (AvgIpc) is 2.12. The lowest BCUT2D eigenvalue weighted by Crippen LogP contribution is -2.18. The van der Waals surface area contributed by atoms with Crippen LogP contribution in [0.1, 0.15) is 0 Å². The number of aromatic nitrogens is 2. The lowest BCUT2D eigenvalue weighted by molar-refractivity contribution is 1.08. The fourth-order valence-electron chi connectivity index (χ4n) is 0.402. The highest BCUT2D eigenvalue weighted by Gasteiger charge is 1.86. The highest BCUT2D eigenvalue weighted by Crippen LogP contribution is 1.78. The zero-order valence-corrected chi connectivity index (χ0v) is 5.43. The van der Waals surface area contributed by atoms with Crippen LogP contribution in [-0.2, 0) is 0 Å². The van der Waals surface area contributed by atoms with E-state index in [1.165, 1.54) is 10.9 Å². The Morgan fingerprint density at radius 1 is 1.67 bits per heavy atom. The van der Waals surface area contributed by atoms with Gasteiger partial charge < -0.3 is 5.73 Å². The number of halogens is 1. The predicted octanol–water partition coefficient (Wildman–Crippen LogP) is 0.0465. The van der Waals surface area contributed by atoms with Crippen LogP contribution in [0.4, 0.5) is 0 Å². The molecule has 4 nitrogen and oxygen atoms in total. The summed E-state index contributed by atoms with van der Waals surface area (Å²) in [6, 6.07) is 0. The van der Waals surface area contributed by atoms with Gasteiger partial charge in [0.2, 0.25) is 0 Å². The van der Waals surface area contributed by atoms with Gasteiger partial charge in [-0.05, 0) is 0 Å². The first-order chi connectivity index (χ1) is 3.80. The molecule has 0 saturated carbocycles. The molecule has 1 aromatic rings. The number of nitrogen functional groups attached to an aromatic ring is 1. The molecule has 0 saturated heterocycles. The minimum atomic E-state index is -0.0116. The summed E-state index contributed by atoms with van der Waals surface area (Å²) in [5.74, 6) is -0.0116.